The van der Waals surface area contributed by atoms with E-state index in [-0.39, 0.29) is 12.0 Å². The molecule has 2 aromatic rings. The maximum absolute atomic E-state index is 12.9. The molecular weight excluding hydrogens is 306 g/mol. The summed E-state index contributed by atoms with van der Waals surface area (Å²) < 4.78 is 13.0. The lowest BCUT2D eigenvalue weighted by atomic mass is 10.1. The molecule has 0 bridgehead atoms. The molecule has 1 aromatic carbocycles. The summed E-state index contributed by atoms with van der Waals surface area (Å²) in [6.07, 6.45) is 6.47. The monoisotopic (exact) mass is 329 g/mol. The molecule has 24 heavy (non-hydrogen) atoms. The standard InChI is InChI=1S/C18H23N3O3/c1-20-13-15(12-19-20)24-17-8-4-3-7-16(17)18(22)21-10-5-6-14(23-2)9-11-21/h3-4,7-8,12-14H,5-6,9-11H2,1-2H3. The van der Waals surface area contributed by atoms with Crippen LogP contribution in [0.1, 0.15) is 29.6 Å². The summed E-state index contributed by atoms with van der Waals surface area (Å²) in [5.41, 5.74) is 0.581. The van der Waals surface area contributed by atoms with Crippen molar-refractivity contribution in [2.75, 3.05) is 20.2 Å². The molecule has 0 spiro atoms. The van der Waals surface area contributed by atoms with Gasteiger partial charge in [0.05, 0.1) is 24.1 Å². The number of benzene rings is 1. The van der Waals surface area contributed by atoms with Crippen molar-refractivity contribution < 1.29 is 14.3 Å². The van der Waals surface area contributed by atoms with Gasteiger partial charge < -0.3 is 14.4 Å². The summed E-state index contributed by atoms with van der Waals surface area (Å²) in [5.74, 6) is 1.18. The van der Waals surface area contributed by atoms with E-state index in [1.165, 1.54) is 0 Å². The van der Waals surface area contributed by atoms with Crippen molar-refractivity contribution in [2.24, 2.45) is 7.05 Å². The third-order valence-electron chi connectivity index (χ3n) is 4.32. The first kappa shape index (κ1) is 16.5. The molecule has 6 nitrogen and oxygen atoms in total. The Hall–Kier alpha value is -2.34. The highest BCUT2D eigenvalue weighted by Gasteiger charge is 2.23. The Morgan fingerprint density at radius 1 is 1.25 bits per heavy atom. The van der Waals surface area contributed by atoms with Gasteiger partial charge in [-0.05, 0) is 31.4 Å². The number of carbonyl (C=O) groups excluding carboxylic acids is 1. The molecule has 1 unspecified atom stereocenters. The number of hydrogen-bond acceptors (Lipinski definition) is 4. The van der Waals surface area contributed by atoms with E-state index in [0.717, 1.165) is 25.8 Å². The van der Waals surface area contributed by atoms with Crippen LogP contribution < -0.4 is 4.74 Å². The average molecular weight is 329 g/mol. The van der Waals surface area contributed by atoms with Crippen LogP contribution in [-0.4, -0.2) is 46.9 Å². The number of aryl methyl sites for hydroxylation is 1. The zero-order valence-electron chi connectivity index (χ0n) is 14.1. The predicted molar refractivity (Wildman–Crippen MR) is 90.3 cm³/mol. The van der Waals surface area contributed by atoms with Gasteiger partial charge in [-0.25, -0.2) is 0 Å². The maximum Gasteiger partial charge on any atom is 0.257 e. The zero-order chi connectivity index (χ0) is 16.9. The largest absolute Gasteiger partial charge is 0.453 e. The highest BCUT2D eigenvalue weighted by molar-refractivity contribution is 5.97. The van der Waals surface area contributed by atoms with Gasteiger partial charge in [0, 0.05) is 27.2 Å². The van der Waals surface area contributed by atoms with Gasteiger partial charge in [0.25, 0.3) is 5.91 Å². The second kappa shape index (κ2) is 7.49. The molecule has 1 atom stereocenters. The van der Waals surface area contributed by atoms with Crippen molar-refractivity contribution >= 4 is 5.91 Å². The third kappa shape index (κ3) is 3.76. The van der Waals surface area contributed by atoms with Crippen molar-refractivity contribution in [3.05, 3.63) is 42.2 Å². The number of nitrogens with zero attached hydrogens (tertiary/aromatic N) is 3. The van der Waals surface area contributed by atoms with Gasteiger partial charge in [0.2, 0.25) is 0 Å². The molecular formula is C18H23N3O3. The highest BCUT2D eigenvalue weighted by atomic mass is 16.5. The first-order chi connectivity index (χ1) is 11.7. The number of carbonyl (C=O) groups is 1. The van der Waals surface area contributed by atoms with Gasteiger partial charge in [-0.2, -0.15) is 5.10 Å². The van der Waals surface area contributed by atoms with E-state index in [4.69, 9.17) is 9.47 Å². The Morgan fingerprint density at radius 3 is 2.83 bits per heavy atom. The molecule has 1 amide bonds. The van der Waals surface area contributed by atoms with Crippen molar-refractivity contribution in [1.82, 2.24) is 14.7 Å². The third-order valence-corrected chi connectivity index (χ3v) is 4.32. The second-order valence-corrected chi connectivity index (χ2v) is 6.03. The number of methoxy groups -OCH3 is 1. The molecule has 1 fully saturated rings. The van der Waals surface area contributed by atoms with Crippen LogP contribution in [-0.2, 0) is 11.8 Å². The van der Waals surface area contributed by atoms with Crippen molar-refractivity contribution in [1.29, 1.82) is 0 Å². The molecule has 1 aromatic heterocycles. The van der Waals surface area contributed by atoms with Crippen LogP contribution in [0.2, 0.25) is 0 Å². The minimum Gasteiger partial charge on any atom is -0.453 e. The quantitative estimate of drug-likeness (QED) is 0.865. The highest BCUT2D eigenvalue weighted by Crippen LogP contribution is 2.27. The summed E-state index contributed by atoms with van der Waals surface area (Å²) in [6, 6.07) is 7.35. The summed E-state index contributed by atoms with van der Waals surface area (Å²) in [5, 5.41) is 4.09. The SMILES string of the molecule is COC1CCCN(C(=O)c2ccccc2Oc2cnn(C)c2)CC1. The fraction of sp³-hybridized carbons (Fsp3) is 0.444. The van der Waals surface area contributed by atoms with Crippen molar-refractivity contribution in [3.63, 3.8) is 0 Å². The molecule has 1 saturated heterocycles. The molecule has 1 aliphatic rings. The molecule has 0 aliphatic carbocycles. The Balaban J connectivity index is 1.77. The molecule has 2 heterocycles. The first-order valence-corrected chi connectivity index (χ1v) is 8.25. The van der Waals surface area contributed by atoms with Gasteiger partial charge in [-0.3, -0.25) is 9.48 Å². The Morgan fingerprint density at radius 2 is 2.08 bits per heavy atom. The van der Waals surface area contributed by atoms with E-state index in [0.29, 0.717) is 23.6 Å². The molecule has 6 heteroatoms. The van der Waals surface area contributed by atoms with Gasteiger partial charge in [0.15, 0.2) is 5.75 Å². The normalized spacial score (nSPS) is 18.2. The topological polar surface area (TPSA) is 56.6 Å². The van der Waals surface area contributed by atoms with Gasteiger partial charge in [-0.15, -0.1) is 0 Å². The van der Waals surface area contributed by atoms with Gasteiger partial charge in [-0.1, -0.05) is 12.1 Å². The summed E-state index contributed by atoms with van der Waals surface area (Å²) in [7, 11) is 3.56. The fourth-order valence-electron chi connectivity index (χ4n) is 2.99. The van der Waals surface area contributed by atoms with Crippen LogP contribution >= 0.6 is 0 Å². The van der Waals surface area contributed by atoms with E-state index in [1.807, 2.05) is 36.2 Å². The lowest BCUT2D eigenvalue weighted by Gasteiger charge is -2.21. The van der Waals surface area contributed by atoms with Crippen LogP contribution in [0.25, 0.3) is 0 Å². The number of hydrogen-bond donors (Lipinski definition) is 0. The Bertz CT molecular complexity index is 698. The van der Waals surface area contributed by atoms with Crippen LogP contribution in [0.5, 0.6) is 11.5 Å². The Labute approximate surface area is 142 Å². The van der Waals surface area contributed by atoms with E-state index in [2.05, 4.69) is 5.10 Å². The lowest BCUT2D eigenvalue weighted by Crippen LogP contribution is -2.32. The van der Waals surface area contributed by atoms with E-state index in [9.17, 15) is 4.79 Å². The second-order valence-electron chi connectivity index (χ2n) is 6.03. The molecule has 3 rings (SSSR count). The first-order valence-electron chi connectivity index (χ1n) is 8.25. The van der Waals surface area contributed by atoms with E-state index in [1.54, 1.807) is 24.2 Å². The molecule has 1 aliphatic heterocycles. The Kier molecular flexibility index (Phi) is 5.15. The van der Waals surface area contributed by atoms with Crippen molar-refractivity contribution in [2.45, 2.75) is 25.4 Å². The molecule has 0 saturated carbocycles. The van der Waals surface area contributed by atoms with Crippen LogP contribution in [0, 0.1) is 0 Å². The van der Waals surface area contributed by atoms with E-state index < -0.39 is 0 Å². The van der Waals surface area contributed by atoms with Gasteiger partial charge in [0.1, 0.15) is 5.75 Å². The zero-order valence-corrected chi connectivity index (χ0v) is 14.1. The lowest BCUT2D eigenvalue weighted by molar-refractivity contribution is 0.0721. The minimum atomic E-state index is 0.00578. The van der Waals surface area contributed by atoms with Crippen LogP contribution in [0.4, 0.5) is 0 Å². The molecule has 0 radical (unpaired) electrons. The van der Waals surface area contributed by atoms with Crippen LogP contribution in [0.15, 0.2) is 36.7 Å². The molecule has 128 valence electrons. The number of likely N-dealkylation sites (tertiary alicyclic amines) is 1. The number of rotatable bonds is 4. The predicted octanol–water partition coefficient (Wildman–Crippen LogP) is 2.85. The van der Waals surface area contributed by atoms with Crippen molar-refractivity contribution in [3.8, 4) is 11.5 Å². The number of aromatic nitrogens is 2. The summed E-state index contributed by atoms with van der Waals surface area (Å²) in [6.45, 7) is 1.46. The number of amides is 1. The fourth-order valence-corrected chi connectivity index (χ4v) is 2.99. The van der Waals surface area contributed by atoms with E-state index >= 15 is 0 Å². The average Bonchev–Trinajstić information content (AvgIpc) is 2.86. The smallest absolute Gasteiger partial charge is 0.257 e. The minimum absolute atomic E-state index is 0.00578. The summed E-state index contributed by atoms with van der Waals surface area (Å²) in [4.78, 5) is 14.8. The summed E-state index contributed by atoms with van der Waals surface area (Å²) >= 11 is 0. The number of ether oxygens (including phenoxy) is 2. The van der Waals surface area contributed by atoms with Gasteiger partial charge >= 0.3 is 0 Å². The molecule has 0 N–H and O–H groups in total. The number of para-hydroxylation sites is 1. The maximum atomic E-state index is 12.9. The van der Waals surface area contributed by atoms with Crippen LogP contribution in [0.3, 0.4) is 0 Å².